The molecule has 0 spiro atoms. The number of hydrogen-bond acceptors (Lipinski definition) is 3. The maximum atomic E-state index is 12.8. The quantitative estimate of drug-likeness (QED) is 0.772. The summed E-state index contributed by atoms with van der Waals surface area (Å²) in [6.45, 7) is 3.41. The van der Waals surface area contributed by atoms with Crippen LogP contribution in [0.25, 0.3) is 0 Å². The number of ether oxygens (including phenoxy) is 1. The van der Waals surface area contributed by atoms with Crippen LogP contribution in [0.1, 0.15) is 73.7 Å². The third kappa shape index (κ3) is 4.42. The first-order chi connectivity index (χ1) is 12.2. The molecular formula is C21H29NO3. The summed E-state index contributed by atoms with van der Waals surface area (Å²) in [5, 5.41) is 0. The van der Waals surface area contributed by atoms with E-state index >= 15 is 0 Å². The third-order valence-corrected chi connectivity index (χ3v) is 5.56. The van der Waals surface area contributed by atoms with E-state index in [4.69, 9.17) is 4.74 Å². The Morgan fingerprint density at radius 3 is 2.44 bits per heavy atom. The molecule has 25 heavy (non-hydrogen) atoms. The zero-order chi connectivity index (χ0) is 17.6. The van der Waals surface area contributed by atoms with Crippen LogP contribution in [0.5, 0.6) is 0 Å². The van der Waals surface area contributed by atoms with Gasteiger partial charge in [-0.2, -0.15) is 0 Å². The lowest BCUT2D eigenvalue weighted by molar-refractivity contribution is -0.149. The van der Waals surface area contributed by atoms with Crippen molar-refractivity contribution in [3.63, 3.8) is 0 Å². The second kappa shape index (κ2) is 8.50. The van der Waals surface area contributed by atoms with Gasteiger partial charge in [0, 0.05) is 18.7 Å². The molecule has 1 saturated heterocycles. The number of amides is 1. The summed E-state index contributed by atoms with van der Waals surface area (Å²) in [7, 11) is 0. The van der Waals surface area contributed by atoms with E-state index in [1.807, 2.05) is 19.1 Å². The molecule has 1 aromatic carbocycles. The number of rotatable bonds is 4. The van der Waals surface area contributed by atoms with Crippen LogP contribution in [0.15, 0.2) is 24.3 Å². The van der Waals surface area contributed by atoms with Crippen molar-refractivity contribution < 1.29 is 14.3 Å². The summed E-state index contributed by atoms with van der Waals surface area (Å²) in [4.78, 5) is 26.6. The molecule has 1 saturated carbocycles. The number of hydrogen-bond donors (Lipinski definition) is 0. The van der Waals surface area contributed by atoms with Crippen LogP contribution in [0.4, 0.5) is 0 Å². The molecule has 0 aromatic heterocycles. The Morgan fingerprint density at radius 1 is 1.04 bits per heavy atom. The van der Waals surface area contributed by atoms with Crippen molar-refractivity contribution in [2.75, 3.05) is 19.7 Å². The van der Waals surface area contributed by atoms with E-state index in [1.165, 1.54) is 37.7 Å². The largest absolute Gasteiger partial charge is 0.466 e. The van der Waals surface area contributed by atoms with Crippen LogP contribution < -0.4 is 0 Å². The lowest BCUT2D eigenvalue weighted by Gasteiger charge is -2.31. The Balaban J connectivity index is 1.62. The van der Waals surface area contributed by atoms with E-state index < -0.39 is 0 Å². The zero-order valence-corrected chi connectivity index (χ0v) is 15.2. The average Bonchev–Trinajstić information content (AvgIpc) is 2.68. The highest BCUT2D eigenvalue weighted by atomic mass is 16.5. The van der Waals surface area contributed by atoms with E-state index in [9.17, 15) is 9.59 Å². The van der Waals surface area contributed by atoms with Crippen molar-refractivity contribution in [3.05, 3.63) is 35.4 Å². The molecule has 136 valence electrons. The number of nitrogens with zero attached hydrogens (tertiary/aromatic N) is 1. The molecule has 4 heteroatoms. The Kier molecular flexibility index (Phi) is 6.11. The third-order valence-electron chi connectivity index (χ3n) is 5.56. The van der Waals surface area contributed by atoms with E-state index in [1.54, 1.807) is 4.90 Å². The van der Waals surface area contributed by atoms with Gasteiger partial charge in [-0.3, -0.25) is 9.59 Å². The fourth-order valence-corrected chi connectivity index (χ4v) is 4.13. The van der Waals surface area contributed by atoms with Gasteiger partial charge in [0.25, 0.3) is 5.91 Å². The summed E-state index contributed by atoms with van der Waals surface area (Å²) < 4.78 is 5.12. The number of esters is 1. The monoisotopic (exact) mass is 343 g/mol. The van der Waals surface area contributed by atoms with Crippen LogP contribution in [0.2, 0.25) is 0 Å². The minimum absolute atomic E-state index is 0.0317. The van der Waals surface area contributed by atoms with Crippen molar-refractivity contribution in [2.24, 2.45) is 5.92 Å². The SMILES string of the molecule is CCOC(=O)C1CCCN(C(=O)c2ccc(C3CCCCC3)cc2)C1. The van der Waals surface area contributed by atoms with Gasteiger partial charge in [-0.25, -0.2) is 0 Å². The van der Waals surface area contributed by atoms with Crippen molar-refractivity contribution in [3.8, 4) is 0 Å². The van der Waals surface area contributed by atoms with Gasteiger partial charge in [-0.15, -0.1) is 0 Å². The average molecular weight is 343 g/mol. The van der Waals surface area contributed by atoms with Crippen LogP contribution in [-0.2, 0) is 9.53 Å². The fraction of sp³-hybridized carbons (Fsp3) is 0.619. The number of likely N-dealkylation sites (tertiary alicyclic amines) is 1. The summed E-state index contributed by atoms with van der Waals surface area (Å²) in [5.74, 6) is 0.331. The number of piperidine rings is 1. The maximum Gasteiger partial charge on any atom is 0.310 e. The first kappa shape index (κ1) is 18.0. The summed E-state index contributed by atoms with van der Waals surface area (Å²) >= 11 is 0. The second-order valence-corrected chi connectivity index (χ2v) is 7.30. The second-order valence-electron chi connectivity index (χ2n) is 7.30. The van der Waals surface area contributed by atoms with E-state index in [0.717, 1.165) is 24.9 Å². The van der Waals surface area contributed by atoms with Gasteiger partial charge < -0.3 is 9.64 Å². The van der Waals surface area contributed by atoms with Crippen LogP contribution in [-0.4, -0.2) is 36.5 Å². The van der Waals surface area contributed by atoms with E-state index in [-0.39, 0.29) is 17.8 Å². The minimum atomic E-state index is -0.181. The lowest BCUT2D eigenvalue weighted by Crippen LogP contribution is -2.42. The molecule has 1 aliphatic carbocycles. The highest BCUT2D eigenvalue weighted by Gasteiger charge is 2.29. The first-order valence-corrected chi connectivity index (χ1v) is 9.75. The fourth-order valence-electron chi connectivity index (χ4n) is 4.13. The molecular weight excluding hydrogens is 314 g/mol. The normalized spacial score (nSPS) is 21.8. The lowest BCUT2D eigenvalue weighted by atomic mass is 9.84. The van der Waals surface area contributed by atoms with Gasteiger partial charge in [0.2, 0.25) is 0 Å². The van der Waals surface area contributed by atoms with Crippen molar-refractivity contribution >= 4 is 11.9 Å². The van der Waals surface area contributed by atoms with E-state index in [2.05, 4.69) is 12.1 Å². The predicted molar refractivity (Wildman–Crippen MR) is 97.5 cm³/mol. The molecule has 0 bridgehead atoms. The molecule has 1 unspecified atom stereocenters. The molecule has 1 heterocycles. The Hall–Kier alpha value is -1.84. The Bertz CT molecular complexity index is 590. The molecule has 2 aliphatic rings. The van der Waals surface area contributed by atoms with Crippen LogP contribution in [0, 0.1) is 5.92 Å². The zero-order valence-electron chi connectivity index (χ0n) is 15.2. The number of benzene rings is 1. The molecule has 1 aromatic rings. The van der Waals surface area contributed by atoms with Gasteiger partial charge in [-0.1, -0.05) is 31.4 Å². The van der Waals surface area contributed by atoms with Crippen LogP contribution in [0.3, 0.4) is 0 Å². The summed E-state index contributed by atoms with van der Waals surface area (Å²) in [6.07, 6.45) is 8.17. The molecule has 3 rings (SSSR count). The minimum Gasteiger partial charge on any atom is -0.466 e. The number of carbonyl (C=O) groups excluding carboxylic acids is 2. The summed E-state index contributed by atoms with van der Waals surface area (Å²) in [6, 6.07) is 8.16. The highest BCUT2D eigenvalue weighted by Crippen LogP contribution is 2.32. The molecule has 2 fully saturated rings. The van der Waals surface area contributed by atoms with Gasteiger partial charge in [0.15, 0.2) is 0 Å². The summed E-state index contributed by atoms with van der Waals surface area (Å²) in [5.41, 5.74) is 2.09. The molecule has 1 amide bonds. The Labute approximate surface area is 150 Å². The van der Waals surface area contributed by atoms with Crippen LogP contribution >= 0.6 is 0 Å². The highest BCUT2D eigenvalue weighted by molar-refractivity contribution is 5.94. The van der Waals surface area contributed by atoms with Gasteiger partial charge in [0.1, 0.15) is 0 Å². The molecule has 4 nitrogen and oxygen atoms in total. The topological polar surface area (TPSA) is 46.6 Å². The molecule has 0 N–H and O–H groups in total. The molecule has 1 atom stereocenters. The van der Waals surface area contributed by atoms with Gasteiger partial charge in [-0.05, 0) is 56.2 Å². The van der Waals surface area contributed by atoms with Crippen molar-refractivity contribution in [1.82, 2.24) is 4.90 Å². The smallest absolute Gasteiger partial charge is 0.310 e. The predicted octanol–water partition coefficient (Wildman–Crippen LogP) is 4.15. The van der Waals surface area contributed by atoms with Gasteiger partial charge >= 0.3 is 5.97 Å². The molecule has 0 radical (unpaired) electrons. The number of carbonyl (C=O) groups is 2. The van der Waals surface area contributed by atoms with Gasteiger partial charge in [0.05, 0.1) is 12.5 Å². The Morgan fingerprint density at radius 2 is 1.76 bits per heavy atom. The standard InChI is InChI=1S/C21H29NO3/c1-2-25-21(24)19-9-6-14-22(15-19)20(23)18-12-10-17(11-13-18)16-7-4-3-5-8-16/h10-13,16,19H,2-9,14-15H2,1H3. The first-order valence-electron chi connectivity index (χ1n) is 9.75. The van der Waals surface area contributed by atoms with Crippen molar-refractivity contribution in [1.29, 1.82) is 0 Å². The molecule has 1 aliphatic heterocycles. The maximum absolute atomic E-state index is 12.8. The van der Waals surface area contributed by atoms with E-state index in [0.29, 0.717) is 19.1 Å². The van der Waals surface area contributed by atoms with Crippen molar-refractivity contribution in [2.45, 2.75) is 57.8 Å².